The van der Waals surface area contributed by atoms with E-state index in [0.29, 0.717) is 29.8 Å². The Bertz CT molecular complexity index is 2960. The molecule has 7 rings (SSSR count). The van der Waals surface area contributed by atoms with Crippen molar-refractivity contribution in [1.29, 1.82) is 0 Å². The minimum atomic E-state index is -3.46. The van der Waals surface area contributed by atoms with E-state index in [1.165, 1.54) is 17.4 Å². The number of carbonyl (C=O) groups excluding carboxylic acids is 2. The lowest BCUT2D eigenvalue weighted by atomic mass is 9.79. The molecule has 0 bridgehead atoms. The van der Waals surface area contributed by atoms with Crippen LogP contribution in [0.4, 0.5) is 0 Å². The number of sulfone groups is 2. The van der Waals surface area contributed by atoms with Crippen LogP contribution in [0.15, 0.2) is 86.4 Å². The predicted molar refractivity (Wildman–Crippen MR) is 267 cm³/mol. The number of aliphatic hydroxyl groups is 2. The summed E-state index contributed by atoms with van der Waals surface area (Å²) in [4.78, 5) is 26.5. The molecule has 0 radical (unpaired) electrons. The topological polar surface area (TPSA) is 215 Å². The normalized spacial score (nSPS) is 14.2. The molecule has 5 heterocycles. The Labute approximate surface area is 414 Å². The van der Waals surface area contributed by atoms with Crippen molar-refractivity contribution >= 4 is 82.8 Å². The number of ether oxygens (including phenoxy) is 2. The van der Waals surface area contributed by atoms with Crippen molar-refractivity contribution in [2.45, 2.75) is 103 Å². The standard InChI is InChI=1S/C20H22N2O5S2.C14H21BO5S.C12H13BrN2O2S/c1-4-27-20(24)11-22-16(9-13(2)21-22)18-8-7-17(28-18)14-5-6-15(12-23)19(10-14)29(3,25)26;1-13(2)14(3,4)20-15(19-13)11-7-6-10(9-16)12(8-11)21(5,17)18;1-3-17-12(16)7-15-9(6-8(2)14-15)10-4-5-11(13)18-10/h5-10,23H,4,11-12H2,1-3H3;6-8,16H,9H2,1-5H3;4-6H,3,7H2,1-2H3. The maximum atomic E-state index is 12.1. The average molecular weight is 1080 g/mol. The van der Waals surface area contributed by atoms with Gasteiger partial charge in [-0.05, 0) is 142 Å². The van der Waals surface area contributed by atoms with Gasteiger partial charge in [0.1, 0.15) is 13.1 Å². The van der Waals surface area contributed by atoms with Crippen LogP contribution in [0.25, 0.3) is 31.6 Å². The average Bonchev–Trinajstić information content (AvgIpc) is 4.09. The van der Waals surface area contributed by atoms with Gasteiger partial charge in [0.25, 0.3) is 0 Å². The highest BCUT2D eigenvalue weighted by Gasteiger charge is 2.51. The molecule has 22 heteroatoms. The molecule has 0 amide bonds. The van der Waals surface area contributed by atoms with Gasteiger partial charge < -0.3 is 29.0 Å². The molecular weight excluding hydrogens is 1020 g/mol. The summed E-state index contributed by atoms with van der Waals surface area (Å²) >= 11 is 6.52. The highest BCUT2D eigenvalue weighted by molar-refractivity contribution is 9.11. The first-order valence-corrected chi connectivity index (χ1v) is 27.5. The second-order valence-corrected chi connectivity index (χ2v) is 24.2. The van der Waals surface area contributed by atoms with Crippen LogP contribution in [-0.2, 0) is 74.3 Å². The van der Waals surface area contributed by atoms with Gasteiger partial charge in [0.2, 0.25) is 0 Å². The molecule has 0 saturated carbocycles. The van der Waals surface area contributed by atoms with E-state index in [1.807, 2.05) is 77.9 Å². The van der Waals surface area contributed by atoms with Crippen molar-refractivity contribution in [1.82, 2.24) is 19.6 Å². The van der Waals surface area contributed by atoms with E-state index in [2.05, 4.69) is 26.1 Å². The predicted octanol–water partition coefficient (Wildman–Crippen LogP) is 7.17. The van der Waals surface area contributed by atoms with Crippen molar-refractivity contribution in [3.63, 3.8) is 0 Å². The van der Waals surface area contributed by atoms with Gasteiger partial charge in [0.05, 0.1) is 83.7 Å². The summed E-state index contributed by atoms with van der Waals surface area (Å²) < 4.78 is 73.9. The molecular formula is C46H56BBrN4O12S4. The maximum Gasteiger partial charge on any atom is 0.494 e. The van der Waals surface area contributed by atoms with Gasteiger partial charge in [-0.1, -0.05) is 24.3 Å². The maximum absolute atomic E-state index is 12.1. The van der Waals surface area contributed by atoms with Crippen LogP contribution in [0, 0.1) is 13.8 Å². The van der Waals surface area contributed by atoms with Crippen LogP contribution in [0.3, 0.4) is 0 Å². The Balaban J connectivity index is 0.000000197. The smallest absolute Gasteiger partial charge is 0.465 e. The largest absolute Gasteiger partial charge is 0.494 e. The Morgan fingerprint density at radius 2 is 1.12 bits per heavy atom. The summed E-state index contributed by atoms with van der Waals surface area (Å²) in [5.74, 6) is -0.622. The number of esters is 2. The summed E-state index contributed by atoms with van der Waals surface area (Å²) in [5, 5.41) is 27.4. The van der Waals surface area contributed by atoms with Crippen LogP contribution in [0.2, 0.25) is 0 Å². The number of aromatic nitrogens is 4. The third-order valence-corrected chi connectivity index (χ3v) is 15.9. The van der Waals surface area contributed by atoms with Crippen molar-refractivity contribution < 1.29 is 55.4 Å². The van der Waals surface area contributed by atoms with E-state index in [4.69, 9.17) is 18.8 Å². The molecule has 6 aromatic rings. The molecule has 68 heavy (non-hydrogen) atoms. The molecule has 4 aromatic heterocycles. The van der Waals surface area contributed by atoms with E-state index < -0.39 is 38.0 Å². The number of benzene rings is 2. The number of hydrogen-bond acceptors (Lipinski definition) is 16. The molecule has 1 fully saturated rings. The molecule has 0 aliphatic carbocycles. The zero-order valence-electron chi connectivity index (χ0n) is 39.5. The molecule has 0 atom stereocenters. The minimum Gasteiger partial charge on any atom is -0.465 e. The quantitative estimate of drug-likeness (QED) is 0.0817. The van der Waals surface area contributed by atoms with Crippen LogP contribution < -0.4 is 5.46 Å². The zero-order chi connectivity index (χ0) is 50.4. The van der Waals surface area contributed by atoms with Gasteiger partial charge in [-0.2, -0.15) is 10.2 Å². The number of aryl methyl sites for hydroxylation is 2. The number of hydrogen-bond donors (Lipinski definition) is 2. The lowest BCUT2D eigenvalue weighted by Crippen LogP contribution is -2.41. The fraction of sp³-hybridized carbons (Fsp3) is 0.391. The third kappa shape index (κ3) is 13.6. The summed E-state index contributed by atoms with van der Waals surface area (Å²) in [5.41, 5.74) is 4.55. The first kappa shape index (κ1) is 54.4. The van der Waals surface area contributed by atoms with Gasteiger partial charge in [0.15, 0.2) is 19.7 Å². The number of rotatable bonds is 14. The van der Waals surface area contributed by atoms with Gasteiger partial charge in [-0.3, -0.25) is 19.0 Å². The van der Waals surface area contributed by atoms with Gasteiger partial charge in [-0.25, -0.2) is 16.8 Å². The lowest BCUT2D eigenvalue weighted by Gasteiger charge is -2.32. The second-order valence-electron chi connectivity index (χ2n) is 16.7. The number of aliphatic hydroxyl groups excluding tert-OH is 2. The van der Waals surface area contributed by atoms with Crippen LogP contribution in [0.5, 0.6) is 0 Å². The van der Waals surface area contributed by atoms with Crippen LogP contribution >= 0.6 is 38.6 Å². The Morgan fingerprint density at radius 1 is 0.676 bits per heavy atom. The van der Waals surface area contributed by atoms with Crippen molar-refractivity contribution in [3.05, 3.63) is 99.1 Å². The van der Waals surface area contributed by atoms with E-state index in [0.717, 1.165) is 59.3 Å². The summed E-state index contributed by atoms with van der Waals surface area (Å²) in [6, 6.07) is 21.5. The number of thiophene rings is 2. The van der Waals surface area contributed by atoms with Crippen molar-refractivity contribution in [3.8, 4) is 31.6 Å². The first-order chi connectivity index (χ1) is 31.8. The number of halogens is 1. The van der Waals surface area contributed by atoms with Gasteiger partial charge in [0, 0.05) is 17.4 Å². The summed E-state index contributed by atoms with van der Waals surface area (Å²) in [7, 11) is -7.51. The molecule has 0 unspecified atom stereocenters. The molecule has 1 aliphatic heterocycles. The molecule has 366 valence electrons. The monoisotopic (exact) mass is 1070 g/mol. The van der Waals surface area contributed by atoms with Gasteiger partial charge in [-0.15, -0.1) is 22.7 Å². The number of nitrogens with zero attached hydrogens (tertiary/aromatic N) is 4. The number of carbonyl (C=O) groups is 2. The molecule has 16 nitrogen and oxygen atoms in total. The van der Waals surface area contributed by atoms with Crippen LogP contribution in [-0.4, -0.2) is 103 Å². The Hall–Kier alpha value is -4.52. The Morgan fingerprint density at radius 3 is 1.56 bits per heavy atom. The first-order valence-electron chi connectivity index (χ1n) is 21.3. The van der Waals surface area contributed by atoms with Crippen LogP contribution in [0.1, 0.15) is 64.1 Å². The fourth-order valence-corrected chi connectivity index (χ4v) is 11.2. The minimum absolute atomic E-state index is 0.0215. The lowest BCUT2D eigenvalue weighted by molar-refractivity contribution is -0.144. The van der Waals surface area contributed by atoms with Gasteiger partial charge >= 0.3 is 19.1 Å². The molecule has 1 saturated heterocycles. The van der Waals surface area contributed by atoms with E-state index in [-0.39, 0.29) is 48.0 Å². The molecule has 2 N–H and O–H groups in total. The zero-order valence-corrected chi connectivity index (χ0v) is 44.4. The van der Waals surface area contributed by atoms with Crippen molar-refractivity contribution in [2.75, 3.05) is 25.7 Å². The Kier molecular flexibility index (Phi) is 18.0. The van der Waals surface area contributed by atoms with E-state index >= 15 is 0 Å². The van der Waals surface area contributed by atoms with E-state index in [1.54, 1.807) is 64.9 Å². The molecule has 2 aromatic carbocycles. The van der Waals surface area contributed by atoms with Crippen molar-refractivity contribution in [2.24, 2.45) is 0 Å². The highest BCUT2D eigenvalue weighted by atomic mass is 79.9. The molecule has 0 spiro atoms. The summed E-state index contributed by atoms with van der Waals surface area (Å²) in [6.07, 6.45) is 2.25. The third-order valence-electron chi connectivity index (χ3n) is 10.8. The summed E-state index contributed by atoms with van der Waals surface area (Å²) in [6.45, 7) is 15.3. The fourth-order valence-electron chi connectivity index (χ4n) is 6.83. The molecule has 1 aliphatic rings. The SMILES string of the molecule is CC1(C)OB(c2ccc(CO)c(S(C)(=O)=O)c2)OC1(C)C.CCOC(=O)Cn1nc(C)cc1-c1ccc(-c2ccc(CO)c(S(C)(=O)=O)c2)s1.CCOC(=O)Cn1nc(C)cc1-c1ccc(Br)s1. The second kappa shape index (κ2) is 22.5. The highest BCUT2D eigenvalue weighted by Crippen LogP contribution is 2.38. The van der Waals surface area contributed by atoms with E-state index in [9.17, 15) is 36.6 Å².